The molecule has 1 unspecified atom stereocenters. The molecule has 0 aliphatic carbocycles. The number of rotatable bonds is 8. The van der Waals surface area contributed by atoms with Crippen molar-refractivity contribution >= 4 is 44.8 Å². The van der Waals surface area contributed by atoms with Crippen LogP contribution < -0.4 is 14.4 Å². The van der Waals surface area contributed by atoms with Gasteiger partial charge in [0.25, 0.3) is 0 Å². The maximum atomic E-state index is 12.4. The fraction of sp³-hybridized carbons (Fsp3) is 0.278. The van der Waals surface area contributed by atoms with Crippen LogP contribution in [0.3, 0.4) is 0 Å². The van der Waals surface area contributed by atoms with E-state index in [0.717, 1.165) is 10.6 Å². The van der Waals surface area contributed by atoms with Crippen molar-refractivity contribution in [2.24, 2.45) is 0 Å². The van der Waals surface area contributed by atoms with Crippen LogP contribution in [0.2, 0.25) is 10.0 Å². The van der Waals surface area contributed by atoms with Gasteiger partial charge in [0.15, 0.2) is 0 Å². The lowest BCUT2D eigenvalue weighted by molar-refractivity contribution is -0.121. The molecule has 1 N–H and O–H groups in total. The second kappa shape index (κ2) is 9.30. The number of hydrogen-bond donors (Lipinski definition) is 1. The smallest absolute Gasteiger partial charge is 0.243 e. The Morgan fingerprint density at radius 1 is 1.19 bits per heavy atom. The lowest BCUT2D eigenvalue weighted by Crippen LogP contribution is -2.48. The van der Waals surface area contributed by atoms with Crippen LogP contribution in [-0.2, 0) is 14.8 Å². The van der Waals surface area contributed by atoms with Crippen LogP contribution in [0.1, 0.15) is 6.92 Å². The fourth-order valence-electron chi connectivity index (χ4n) is 2.47. The monoisotopic (exact) mass is 430 g/mol. The third kappa shape index (κ3) is 6.02. The Morgan fingerprint density at radius 2 is 1.89 bits per heavy atom. The highest BCUT2D eigenvalue weighted by Gasteiger charge is 2.29. The molecule has 9 heteroatoms. The average molecular weight is 431 g/mol. The highest BCUT2D eigenvalue weighted by Crippen LogP contribution is 2.24. The lowest BCUT2D eigenvalue weighted by Gasteiger charge is -2.28. The van der Waals surface area contributed by atoms with E-state index < -0.39 is 22.0 Å². The van der Waals surface area contributed by atoms with Gasteiger partial charge in [0.2, 0.25) is 15.9 Å². The molecular formula is C18H20Cl2N2O4S. The molecule has 0 aromatic heterocycles. The second-order valence-electron chi connectivity index (χ2n) is 5.78. The quantitative estimate of drug-likeness (QED) is 0.651. The predicted octanol–water partition coefficient (Wildman–Crippen LogP) is 3.34. The predicted molar refractivity (Wildman–Crippen MR) is 108 cm³/mol. The summed E-state index contributed by atoms with van der Waals surface area (Å²) < 4.78 is 30.9. The Morgan fingerprint density at radius 3 is 2.52 bits per heavy atom. The standard InChI is InChI=1S/C18H20Cl2N2O4S/c1-13(22(27(2,24)25)15-7-5-6-14(19)12-15)18(23)21-10-11-26-17-9-4-3-8-16(17)20/h3-9,12-13H,10-11H2,1-2H3,(H,21,23). The summed E-state index contributed by atoms with van der Waals surface area (Å²) in [7, 11) is -3.69. The Hall–Kier alpha value is -1.96. The minimum atomic E-state index is -3.69. The first-order valence-electron chi connectivity index (χ1n) is 8.10. The van der Waals surface area contributed by atoms with Crippen LogP contribution >= 0.6 is 23.2 Å². The zero-order valence-electron chi connectivity index (χ0n) is 14.9. The molecule has 0 saturated carbocycles. The third-order valence-corrected chi connectivity index (χ3v) is 5.44. The highest BCUT2D eigenvalue weighted by atomic mass is 35.5. The summed E-state index contributed by atoms with van der Waals surface area (Å²) in [4.78, 5) is 12.4. The van der Waals surface area contributed by atoms with E-state index in [1.165, 1.54) is 13.0 Å². The van der Waals surface area contributed by atoms with E-state index in [0.29, 0.717) is 21.5 Å². The Bertz CT molecular complexity index is 906. The fourth-order valence-corrected chi connectivity index (χ4v) is 4.01. The minimum Gasteiger partial charge on any atom is -0.490 e. The summed E-state index contributed by atoms with van der Waals surface area (Å²) in [5, 5.41) is 3.51. The van der Waals surface area contributed by atoms with E-state index >= 15 is 0 Å². The number of sulfonamides is 1. The van der Waals surface area contributed by atoms with Gasteiger partial charge in [-0.25, -0.2) is 8.42 Å². The minimum absolute atomic E-state index is 0.193. The molecule has 0 saturated heterocycles. The van der Waals surface area contributed by atoms with Gasteiger partial charge >= 0.3 is 0 Å². The number of amides is 1. The van der Waals surface area contributed by atoms with E-state index in [2.05, 4.69) is 5.32 Å². The number of ether oxygens (including phenoxy) is 1. The summed E-state index contributed by atoms with van der Waals surface area (Å²) >= 11 is 11.9. The van der Waals surface area contributed by atoms with Crippen molar-refractivity contribution in [1.82, 2.24) is 5.32 Å². The molecule has 2 aromatic carbocycles. The zero-order valence-corrected chi connectivity index (χ0v) is 17.2. The van der Waals surface area contributed by atoms with Crippen LogP contribution in [0.5, 0.6) is 5.75 Å². The number of carbonyl (C=O) groups excluding carboxylic acids is 1. The number of benzene rings is 2. The number of para-hydroxylation sites is 1. The largest absolute Gasteiger partial charge is 0.490 e. The second-order valence-corrected chi connectivity index (χ2v) is 8.49. The van der Waals surface area contributed by atoms with Gasteiger partial charge < -0.3 is 10.1 Å². The van der Waals surface area contributed by atoms with E-state index in [1.807, 2.05) is 0 Å². The molecule has 0 aliphatic heterocycles. The van der Waals surface area contributed by atoms with Gasteiger partial charge in [0.05, 0.1) is 23.5 Å². The maximum Gasteiger partial charge on any atom is 0.243 e. The van der Waals surface area contributed by atoms with Gasteiger partial charge in [-0.2, -0.15) is 0 Å². The Labute approximate surface area is 169 Å². The number of nitrogens with zero attached hydrogens (tertiary/aromatic N) is 1. The summed E-state index contributed by atoms with van der Waals surface area (Å²) in [6.45, 7) is 1.89. The molecule has 0 aliphatic rings. The molecule has 0 heterocycles. The van der Waals surface area contributed by atoms with Crippen molar-refractivity contribution in [3.05, 3.63) is 58.6 Å². The number of hydrogen-bond acceptors (Lipinski definition) is 4. The molecule has 27 heavy (non-hydrogen) atoms. The Balaban J connectivity index is 2.00. The summed E-state index contributed by atoms with van der Waals surface area (Å²) in [5.41, 5.74) is 0.319. The van der Waals surface area contributed by atoms with Crippen molar-refractivity contribution in [2.45, 2.75) is 13.0 Å². The number of halogens is 2. The molecule has 0 spiro atoms. The maximum absolute atomic E-state index is 12.4. The van der Waals surface area contributed by atoms with Crippen molar-refractivity contribution in [1.29, 1.82) is 0 Å². The molecule has 0 bridgehead atoms. The molecule has 6 nitrogen and oxygen atoms in total. The van der Waals surface area contributed by atoms with E-state index in [4.69, 9.17) is 27.9 Å². The van der Waals surface area contributed by atoms with Crippen LogP contribution in [0, 0.1) is 0 Å². The molecule has 2 aromatic rings. The number of nitrogens with one attached hydrogen (secondary N) is 1. The van der Waals surface area contributed by atoms with Gasteiger partial charge in [0.1, 0.15) is 18.4 Å². The van der Waals surface area contributed by atoms with E-state index in [-0.39, 0.29) is 13.2 Å². The average Bonchev–Trinajstić information content (AvgIpc) is 2.59. The van der Waals surface area contributed by atoms with Gasteiger partial charge in [-0.3, -0.25) is 9.10 Å². The molecule has 0 radical (unpaired) electrons. The van der Waals surface area contributed by atoms with Crippen molar-refractivity contribution in [3.63, 3.8) is 0 Å². The molecule has 0 fully saturated rings. The van der Waals surface area contributed by atoms with E-state index in [9.17, 15) is 13.2 Å². The van der Waals surface area contributed by atoms with Gasteiger partial charge in [-0.1, -0.05) is 41.4 Å². The van der Waals surface area contributed by atoms with Gasteiger partial charge in [-0.05, 0) is 37.3 Å². The SMILES string of the molecule is CC(C(=O)NCCOc1ccccc1Cl)N(c1cccc(Cl)c1)S(C)(=O)=O. The number of anilines is 1. The summed E-state index contributed by atoms with van der Waals surface area (Å²) in [6.07, 6.45) is 1.04. The summed E-state index contributed by atoms with van der Waals surface area (Å²) in [6, 6.07) is 12.4. The third-order valence-electron chi connectivity index (χ3n) is 3.65. The first-order valence-corrected chi connectivity index (χ1v) is 10.7. The van der Waals surface area contributed by atoms with Crippen LogP contribution in [0.25, 0.3) is 0 Å². The van der Waals surface area contributed by atoms with Crippen LogP contribution in [-0.4, -0.2) is 39.8 Å². The van der Waals surface area contributed by atoms with Crippen molar-refractivity contribution in [3.8, 4) is 5.75 Å². The first-order chi connectivity index (χ1) is 12.7. The van der Waals surface area contributed by atoms with E-state index in [1.54, 1.807) is 42.5 Å². The molecule has 1 atom stereocenters. The summed E-state index contributed by atoms with van der Waals surface area (Å²) in [5.74, 6) is 0.0568. The molecule has 2 rings (SSSR count). The van der Waals surface area contributed by atoms with Crippen LogP contribution in [0.15, 0.2) is 48.5 Å². The Kier molecular flexibility index (Phi) is 7.35. The van der Waals surface area contributed by atoms with Crippen molar-refractivity contribution < 1.29 is 17.9 Å². The van der Waals surface area contributed by atoms with Crippen LogP contribution in [0.4, 0.5) is 5.69 Å². The zero-order chi connectivity index (χ0) is 20.0. The molecule has 1 amide bonds. The molecular weight excluding hydrogens is 411 g/mol. The lowest BCUT2D eigenvalue weighted by atomic mass is 10.2. The highest BCUT2D eigenvalue weighted by molar-refractivity contribution is 7.92. The number of carbonyl (C=O) groups is 1. The first kappa shape index (κ1) is 21.3. The van der Waals surface area contributed by atoms with Crippen molar-refractivity contribution in [2.75, 3.05) is 23.7 Å². The van der Waals surface area contributed by atoms with Gasteiger partial charge in [-0.15, -0.1) is 0 Å². The van der Waals surface area contributed by atoms with Gasteiger partial charge in [0, 0.05) is 5.02 Å². The molecule has 146 valence electrons. The topological polar surface area (TPSA) is 75.7 Å². The normalized spacial score (nSPS) is 12.3.